The van der Waals surface area contributed by atoms with Crippen molar-refractivity contribution in [2.24, 2.45) is 5.92 Å². The largest absolute Gasteiger partial charge is 1.00 e. The van der Waals surface area contributed by atoms with E-state index >= 15 is 0 Å². The number of anilines is 1. The molecule has 0 unspecified atom stereocenters. The van der Waals surface area contributed by atoms with Crippen molar-refractivity contribution in [3.05, 3.63) is 92.2 Å². The molecule has 0 aliphatic carbocycles. The van der Waals surface area contributed by atoms with Gasteiger partial charge in [-0.3, -0.25) is 9.59 Å². The number of alkyl halides is 3. The minimum absolute atomic E-state index is 0. The van der Waals surface area contributed by atoms with E-state index in [1.807, 2.05) is 0 Å². The first-order valence-corrected chi connectivity index (χ1v) is 13.9. The van der Waals surface area contributed by atoms with Crippen LogP contribution in [0.5, 0.6) is 5.75 Å². The van der Waals surface area contributed by atoms with E-state index in [2.05, 4.69) is 10.0 Å². The van der Waals surface area contributed by atoms with Gasteiger partial charge in [0.15, 0.2) is 12.4 Å². The Balaban J connectivity index is 0.00000645. The fourth-order valence-electron chi connectivity index (χ4n) is 3.49. The molecule has 1 N–H and O–H groups in total. The van der Waals surface area contributed by atoms with Gasteiger partial charge in [-0.05, 0) is 73.0 Å². The summed E-state index contributed by atoms with van der Waals surface area (Å²) in [6.45, 7) is 3.88. The van der Waals surface area contributed by atoms with Crippen molar-refractivity contribution in [2.75, 3.05) is 11.9 Å². The number of ether oxygens (including phenoxy) is 1. The van der Waals surface area contributed by atoms with Crippen LogP contribution >= 0.6 is 11.6 Å². The van der Waals surface area contributed by atoms with Gasteiger partial charge >= 0.3 is 35.7 Å². The van der Waals surface area contributed by atoms with E-state index in [-0.39, 0.29) is 62.0 Å². The molecule has 3 rings (SSSR count). The molecule has 43 heavy (non-hydrogen) atoms. The molecule has 0 radical (unpaired) electrons. The molecular formula is C28H22ClF3N3NaO6S. The second-order valence-corrected chi connectivity index (χ2v) is 11.3. The molecule has 9 nitrogen and oxygen atoms in total. The Morgan fingerprint density at radius 1 is 1.07 bits per heavy atom. The molecule has 2 amide bonds. The number of rotatable bonds is 9. The molecule has 15 heteroatoms. The molecule has 0 saturated carbocycles. The number of sulfonamides is 1. The summed E-state index contributed by atoms with van der Waals surface area (Å²) in [4.78, 5) is 37.3. The van der Waals surface area contributed by atoms with Crippen LogP contribution in [0.1, 0.15) is 46.5 Å². The maximum atomic E-state index is 13.3. The summed E-state index contributed by atoms with van der Waals surface area (Å²) >= 11 is 6.00. The molecule has 3 aromatic rings. The number of ketones is 1. The summed E-state index contributed by atoms with van der Waals surface area (Å²) in [6, 6.07) is 11.2. The van der Waals surface area contributed by atoms with Gasteiger partial charge in [0.2, 0.25) is 0 Å². The van der Waals surface area contributed by atoms with E-state index in [9.17, 15) is 36.0 Å². The molecular weight excluding hydrogens is 622 g/mol. The molecule has 0 atom stereocenters. The maximum Gasteiger partial charge on any atom is 1.00 e. The van der Waals surface area contributed by atoms with Crippen molar-refractivity contribution in [2.45, 2.75) is 31.8 Å². The summed E-state index contributed by atoms with van der Waals surface area (Å²) in [6.07, 6.45) is -4.81. The Hall–Kier alpha value is -3.41. The third-order valence-electron chi connectivity index (χ3n) is 5.67. The van der Waals surface area contributed by atoms with Crippen LogP contribution in [-0.4, -0.2) is 32.6 Å². The molecule has 0 aliphatic rings. The molecule has 0 aromatic heterocycles. The Kier molecular flexibility index (Phi) is 12.0. The first-order chi connectivity index (χ1) is 19.5. The van der Waals surface area contributed by atoms with Crippen molar-refractivity contribution in [1.29, 1.82) is 5.26 Å². The maximum absolute atomic E-state index is 13.3. The van der Waals surface area contributed by atoms with Gasteiger partial charge in [0, 0.05) is 16.3 Å². The number of aryl methyl sites for hydroxylation is 1. The van der Waals surface area contributed by atoms with Crippen LogP contribution in [-0.2, 0) is 25.8 Å². The van der Waals surface area contributed by atoms with E-state index in [1.54, 1.807) is 6.07 Å². The number of nitrogens with one attached hydrogen (secondary N) is 1. The number of nitriles is 1. The molecule has 220 valence electrons. The molecule has 0 bridgehead atoms. The van der Waals surface area contributed by atoms with E-state index in [0.717, 1.165) is 18.2 Å². The summed E-state index contributed by atoms with van der Waals surface area (Å²) in [5.74, 6) is -3.22. The van der Waals surface area contributed by atoms with Crippen LogP contribution in [0, 0.1) is 24.2 Å². The van der Waals surface area contributed by atoms with Gasteiger partial charge in [0.25, 0.3) is 5.91 Å². The third kappa shape index (κ3) is 9.29. The van der Waals surface area contributed by atoms with Gasteiger partial charge in [-0.15, -0.1) is 0 Å². The van der Waals surface area contributed by atoms with Crippen LogP contribution < -0.4 is 39.6 Å². The minimum atomic E-state index is -4.81. The standard InChI is InChI=1S/C28H23ClF3N3O6S.Na/c1-15(2)27(38)35-42(39,40)21-5-6-23(16(3)8-21)34-25(36)14-41-24-7-4-20(29)12-22(24)26(37)18-9-17(13-33)10-19(11-18)28(30,31)32;/h4-12,15H,14H2,1-3H3,(H2,34,35,36,38);/q;+1/p-1. The minimum Gasteiger partial charge on any atom is -0.542 e. The zero-order valence-electron chi connectivity index (χ0n) is 23.2. The van der Waals surface area contributed by atoms with Crippen LogP contribution in [0.4, 0.5) is 18.9 Å². The SMILES string of the molecule is Cc1cc(S(=O)(=O)[N-]C(=O)C(C)C)ccc1NC(=O)COc1ccc(Cl)cc1C(=O)c1cc(C#N)cc(C(F)(F)F)c1.[Na+]. The molecule has 0 heterocycles. The Morgan fingerprint density at radius 3 is 2.33 bits per heavy atom. The van der Waals surface area contributed by atoms with E-state index in [0.29, 0.717) is 17.7 Å². The third-order valence-corrected chi connectivity index (χ3v) is 7.18. The van der Waals surface area contributed by atoms with Gasteiger partial charge in [-0.2, -0.15) is 18.4 Å². The number of hydrogen-bond acceptors (Lipinski definition) is 7. The smallest absolute Gasteiger partial charge is 0.542 e. The van der Waals surface area contributed by atoms with E-state index in [4.69, 9.17) is 21.6 Å². The Morgan fingerprint density at radius 2 is 1.74 bits per heavy atom. The number of benzene rings is 3. The van der Waals surface area contributed by atoms with Crippen LogP contribution in [0.25, 0.3) is 4.72 Å². The number of halogens is 4. The van der Waals surface area contributed by atoms with Gasteiger partial charge in [-0.25, -0.2) is 8.42 Å². The predicted molar refractivity (Wildman–Crippen MR) is 147 cm³/mol. The summed E-state index contributed by atoms with van der Waals surface area (Å²) in [5.41, 5.74) is -1.71. The van der Waals surface area contributed by atoms with E-state index < -0.39 is 57.4 Å². The predicted octanol–water partition coefficient (Wildman–Crippen LogP) is 3.04. The molecule has 0 aliphatic heterocycles. The summed E-state index contributed by atoms with van der Waals surface area (Å²) < 4.78 is 73.5. The normalized spacial score (nSPS) is 11.2. The number of carbonyl (C=O) groups excluding carboxylic acids is 3. The van der Waals surface area contributed by atoms with Crippen molar-refractivity contribution in [1.82, 2.24) is 0 Å². The van der Waals surface area contributed by atoms with Crippen LogP contribution in [0.3, 0.4) is 0 Å². The Bertz CT molecular complexity index is 1720. The van der Waals surface area contributed by atoms with Crippen molar-refractivity contribution >= 4 is 44.9 Å². The topological polar surface area (TPSA) is 144 Å². The number of hydrogen-bond donors (Lipinski definition) is 1. The molecule has 0 saturated heterocycles. The molecule has 0 spiro atoms. The van der Waals surface area contributed by atoms with Gasteiger partial charge in [-0.1, -0.05) is 25.4 Å². The zero-order valence-corrected chi connectivity index (χ0v) is 26.8. The second kappa shape index (κ2) is 14.4. The van der Waals surface area contributed by atoms with Gasteiger partial charge < -0.3 is 19.6 Å². The van der Waals surface area contributed by atoms with E-state index in [1.165, 1.54) is 45.0 Å². The van der Waals surface area contributed by atoms with Gasteiger partial charge in [0.05, 0.1) is 33.6 Å². The summed E-state index contributed by atoms with van der Waals surface area (Å²) in [5, 5.41) is 11.7. The molecule has 0 fully saturated rings. The molecule has 3 aromatic carbocycles. The van der Waals surface area contributed by atoms with Crippen LogP contribution in [0.15, 0.2) is 59.5 Å². The summed E-state index contributed by atoms with van der Waals surface area (Å²) in [7, 11) is -4.26. The average molecular weight is 644 g/mol. The van der Waals surface area contributed by atoms with Gasteiger partial charge in [0.1, 0.15) is 15.8 Å². The monoisotopic (exact) mass is 643 g/mol. The first kappa shape index (κ1) is 35.8. The van der Waals surface area contributed by atoms with Crippen molar-refractivity contribution in [3.63, 3.8) is 0 Å². The van der Waals surface area contributed by atoms with Crippen LogP contribution in [0.2, 0.25) is 5.02 Å². The number of nitrogens with zero attached hydrogens (tertiary/aromatic N) is 2. The average Bonchev–Trinajstić information content (AvgIpc) is 2.91. The second-order valence-electron chi connectivity index (χ2n) is 9.25. The van der Waals surface area contributed by atoms with Crippen molar-refractivity contribution in [3.8, 4) is 11.8 Å². The number of amides is 2. The first-order valence-electron chi connectivity index (χ1n) is 12.0. The number of carbonyl (C=O) groups is 3. The quantitative estimate of drug-likeness (QED) is 0.279. The Labute approximate surface area is 272 Å². The zero-order chi connectivity index (χ0) is 31.4. The fraction of sp³-hybridized carbons (Fsp3) is 0.214. The fourth-order valence-corrected chi connectivity index (χ4v) is 4.78. The van der Waals surface area contributed by atoms with Crippen molar-refractivity contribution < 1.29 is 70.3 Å².